The van der Waals surface area contributed by atoms with E-state index in [2.05, 4.69) is 5.10 Å². The van der Waals surface area contributed by atoms with E-state index >= 15 is 0 Å². The number of benzene rings is 1. The number of rotatable bonds is 5. The average Bonchev–Trinajstić information content (AvgIpc) is 3.24. The normalized spacial score (nSPS) is 14.3. The Morgan fingerprint density at radius 1 is 1.48 bits per heavy atom. The number of aromatic nitrogens is 2. The lowest BCUT2D eigenvalue weighted by atomic mass is 10.2. The maximum absolute atomic E-state index is 12.8. The molecule has 5 nitrogen and oxygen atoms in total. The van der Waals surface area contributed by atoms with Gasteiger partial charge in [-0.15, -0.1) is 0 Å². The summed E-state index contributed by atoms with van der Waals surface area (Å²) in [4.78, 5) is 15.1. The van der Waals surface area contributed by atoms with Crippen molar-refractivity contribution in [1.29, 1.82) is 0 Å². The van der Waals surface area contributed by atoms with E-state index in [-0.39, 0.29) is 5.91 Å². The van der Waals surface area contributed by atoms with Crippen molar-refractivity contribution in [3.05, 3.63) is 30.0 Å². The van der Waals surface area contributed by atoms with Crippen molar-refractivity contribution >= 4 is 34.0 Å². The number of hydrogen-bond donors (Lipinski definition) is 1. The van der Waals surface area contributed by atoms with Crippen molar-refractivity contribution in [3.8, 4) is 0 Å². The lowest BCUT2D eigenvalue weighted by molar-refractivity contribution is 0.0743. The van der Waals surface area contributed by atoms with E-state index in [0.29, 0.717) is 29.7 Å². The van der Waals surface area contributed by atoms with Crippen LogP contribution in [0.1, 0.15) is 29.8 Å². The third-order valence-corrected chi connectivity index (χ3v) is 4.01. The van der Waals surface area contributed by atoms with Gasteiger partial charge in [0, 0.05) is 31.4 Å². The van der Waals surface area contributed by atoms with Crippen LogP contribution in [0.4, 0.5) is 0 Å². The zero-order chi connectivity index (χ0) is 15.0. The van der Waals surface area contributed by atoms with E-state index in [9.17, 15) is 4.79 Å². The van der Waals surface area contributed by atoms with Crippen LogP contribution in [0.15, 0.2) is 24.3 Å². The molecule has 1 amide bonds. The first kappa shape index (κ1) is 14.0. The predicted molar refractivity (Wildman–Crippen MR) is 86.2 cm³/mol. The van der Waals surface area contributed by atoms with Gasteiger partial charge in [0.15, 0.2) is 5.69 Å². The van der Waals surface area contributed by atoms with Gasteiger partial charge < -0.3 is 10.6 Å². The van der Waals surface area contributed by atoms with E-state index in [1.165, 1.54) is 0 Å². The van der Waals surface area contributed by atoms with Crippen LogP contribution in [-0.4, -0.2) is 38.2 Å². The maximum Gasteiger partial charge on any atom is 0.275 e. The van der Waals surface area contributed by atoms with Crippen molar-refractivity contribution in [3.63, 3.8) is 0 Å². The second kappa shape index (κ2) is 5.44. The number of carbonyl (C=O) groups excluding carboxylic acids is 1. The van der Waals surface area contributed by atoms with Crippen LogP contribution in [0.3, 0.4) is 0 Å². The molecule has 1 saturated carbocycles. The quantitative estimate of drug-likeness (QED) is 0.856. The number of fused-ring (bicyclic) bond motifs is 1. The number of carbonyl (C=O) groups is 1. The molecule has 0 spiro atoms. The Kier molecular flexibility index (Phi) is 3.63. The van der Waals surface area contributed by atoms with E-state index in [4.69, 9.17) is 18.0 Å². The summed E-state index contributed by atoms with van der Waals surface area (Å²) in [5.41, 5.74) is 7.05. The van der Waals surface area contributed by atoms with Gasteiger partial charge in [-0.05, 0) is 18.9 Å². The van der Waals surface area contributed by atoms with Gasteiger partial charge in [-0.3, -0.25) is 9.48 Å². The molecule has 0 bridgehead atoms. The van der Waals surface area contributed by atoms with Crippen LogP contribution in [0.25, 0.3) is 10.9 Å². The third-order valence-electron chi connectivity index (χ3n) is 3.81. The molecule has 0 atom stereocenters. The van der Waals surface area contributed by atoms with E-state index in [1.54, 1.807) is 4.68 Å². The van der Waals surface area contributed by atoms with Gasteiger partial charge in [-0.2, -0.15) is 5.10 Å². The molecule has 0 radical (unpaired) electrons. The van der Waals surface area contributed by atoms with Gasteiger partial charge in [0.1, 0.15) is 0 Å². The van der Waals surface area contributed by atoms with Crippen molar-refractivity contribution < 1.29 is 4.79 Å². The molecule has 1 fully saturated rings. The van der Waals surface area contributed by atoms with E-state index in [1.807, 2.05) is 36.2 Å². The van der Waals surface area contributed by atoms with Gasteiger partial charge in [0.25, 0.3) is 5.91 Å². The van der Waals surface area contributed by atoms with E-state index < -0.39 is 0 Å². The Labute approximate surface area is 128 Å². The molecule has 1 aromatic heterocycles. The first-order valence-electron chi connectivity index (χ1n) is 7.09. The first-order chi connectivity index (χ1) is 10.1. The number of para-hydroxylation sites is 1. The van der Waals surface area contributed by atoms with Gasteiger partial charge in [-0.1, -0.05) is 30.4 Å². The Hall–Kier alpha value is -1.95. The summed E-state index contributed by atoms with van der Waals surface area (Å²) < 4.78 is 1.75. The smallest absolute Gasteiger partial charge is 0.275 e. The SMILES string of the molecule is Cn1nc(C(=O)N(CCC(N)=S)C2CC2)c2ccccc21. The summed E-state index contributed by atoms with van der Waals surface area (Å²) in [6.07, 6.45) is 2.66. The largest absolute Gasteiger partial charge is 0.393 e. The fourth-order valence-electron chi connectivity index (χ4n) is 2.57. The molecular weight excluding hydrogens is 284 g/mol. The molecule has 0 unspecified atom stereocenters. The van der Waals surface area contributed by atoms with Gasteiger partial charge >= 0.3 is 0 Å². The van der Waals surface area contributed by atoms with Gasteiger partial charge in [0.05, 0.1) is 10.5 Å². The Balaban J connectivity index is 1.92. The summed E-state index contributed by atoms with van der Waals surface area (Å²) in [6, 6.07) is 8.10. The topological polar surface area (TPSA) is 64.2 Å². The molecule has 6 heteroatoms. The fraction of sp³-hybridized carbons (Fsp3) is 0.400. The lowest BCUT2D eigenvalue weighted by Crippen LogP contribution is -2.36. The Morgan fingerprint density at radius 2 is 2.19 bits per heavy atom. The summed E-state index contributed by atoms with van der Waals surface area (Å²) in [5.74, 6) is -0.0226. The molecule has 1 heterocycles. The number of amides is 1. The zero-order valence-corrected chi connectivity index (χ0v) is 12.8. The second-order valence-electron chi connectivity index (χ2n) is 5.44. The highest BCUT2D eigenvalue weighted by Gasteiger charge is 2.34. The summed E-state index contributed by atoms with van der Waals surface area (Å²) in [6.45, 7) is 0.573. The lowest BCUT2D eigenvalue weighted by Gasteiger charge is -2.21. The number of nitrogens with zero attached hydrogens (tertiary/aromatic N) is 3. The van der Waals surface area contributed by atoms with Crippen molar-refractivity contribution in [2.45, 2.75) is 25.3 Å². The highest BCUT2D eigenvalue weighted by atomic mass is 32.1. The minimum absolute atomic E-state index is 0.0226. The zero-order valence-electron chi connectivity index (χ0n) is 12.0. The standard InChI is InChI=1S/C15H18N4OS/c1-18-12-5-3-2-4-11(12)14(17-18)15(20)19(10-6-7-10)9-8-13(16)21/h2-5,10H,6-9H2,1H3,(H2,16,21). The van der Waals surface area contributed by atoms with Crippen molar-refractivity contribution in [2.75, 3.05) is 6.54 Å². The number of thiocarbonyl (C=S) groups is 1. The molecule has 3 rings (SSSR count). The van der Waals surface area contributed by atoms with Crippen LogP contribution in [0.2, 0.25) is 0 Å². The average molecular weight is 302 g/mol. The third kappa shape index (κ3) is 2.76. The summed E-state index contributed by atoms with van der Waals surface area (Å²) in [5, 5.41) is 5.30. The highest BCUT2D eigenvalue weighted by molar-refractivity contribution is 7.80. The van der Waals surface area contributed by atoms with Crippen molar-refractivity contribution in [1.82, 2.24) is 14.7 Å². The molecular formula is C15H18N4OS. The molecule has 110 valence electrons. The van der Waals surface area contributed by atoms with Crippen LogP contribution in [0.5, 0.6) is 0 Å². The molecule has 0 aliphatic heterocycles. The molecule has 2 N–H and O–H groups in total. The van der Waals surface area contributed by atoms with Crippen molar-refractivity contribution in [2.24, 2.45) is 12.8 Å². The van der Waals surface area contributed by atoms with Gasteiger partial charge in [-0.25, -0.2) is 0 Å². The molecule has 2 aromatic rings. The Bertz CT molecular complexity index is 705. The highest BCUT2D eigenvalue weighted by Crippen LogP contribution is 2.29. The fourth-order valence-corrected chi connectivity index (χ4v) is 2.67. The molecule has 21 heavy (non-hydrogen) atoms. The van der Waals surface area contributed by atoms with Crippen LogP contribution < -0.4 is 5.73 Å². The second-order valence-corrected chi connectivity index (χ2v) is 5.96. The van der Waals surface area contributed by atoms with Crippen LogP contribution >= 0.6 is 12.2 Å². The van der Waals surface area contributed by atoms with Crippen LogP contribution in [0, 0.1) is 0 Å². The van der Waals surface area contributed by atoms with E-state index in [0.717, 1.165) is 23.7 Å². The van der Waals surface area contributed by atoms with Crippen LogP contribution in [-0.2, 0) is 7.05 Å². The number of aryl methyl sites for hydroxylation is 1. The van der Waals surface area contributed by atoms with Gasteiger partial charge in [0.2, 0.25) is 0 Å². The number of nitrogens with two attached hydrogens (primary N) is 1. The monoisotopic (exact) mass is 302 g/mol. The summed E-state index contributed by atoms with van der Waals surface area (Å²) >= 11 is 4.93. The minimum Gasteiger partial charge on any atom is -0.393 e. The molecule has 1 aromatic carbocycles. The molecule has 0 saturated heterocycles. The predicted octanol–water partition coefficient (Wildman–Crippen LogP) is 1.85. The first-order valence-corrected chi connectivity index (χ1v) is 7.50. The minimum atomic E-state index is -0.0226. The summed E-state index contributed by atoms with van der Waals surface area (Å²) in [7, 11) is 1.86. The molecule has 1 aliphatic carbocycles. The Morgan fingerprint density at radius 3 is 2.86 bits per heavy atom. The number of hydrogen-bond acceptors (Lipinski definition) is 3. The maximum atomic E-state index is 12.8. The molecule has 1 aliphatic rings.